The monoisotopic (exact) mass is 161 g/mol. The predicted octanol–water partition coefficient (Wildman–Crippen LogP) is 0.798. The van der Waals surface area contributed by atoms with Crippen LogP contribution in [0.25, 0.3) is 0 Å². The van der Waals surface area contributed by atoms with Crippen molar-refractivity contribution in [3.05, 3.63) is 0 Å². The van der Waals surface area contributed by atoms with Crippen molar-refractivity contribution >= 4 is 9.92 Å². The highest BCUT2D eigenvalue weighted by molar-refractivity contribution is 6.23. The summed E-state index contributed by atoms with van der Waals surface area (Å²) < 4.78 is 5.45. The van der Waals surface area contributed by atoms with Crippen LogP contribution in [0.4, 0.5) is 0 Å². The first-order valence-electron chi connectivity index (χ1n) is 3.78. The summed E-state index contributed by atoms with van der Waals surface area (Å²) in [7, 11) is -0.490. The van der Waals surface area contributed by atoms with Crippen LogP contribution in [0.1, 0.15) is 34.6 Å². The first kappa shape index (κ1) is 10.1. The smallest absolute Gasteiger partial charge is 0.236 e. The van der Waals surface area contributed by atoms with E-state index < -0.39 is 9.92 Å². The van der Waals surface area contributed by atoms with Crippen molar-refractivity contribution in [2.45, 2.75) is 46.3 Å². The molecule has 0 aliphatic rings. The Balaban J connectivity index is 3.21. The van der Waals surface area contributed by atoms with Gasteiger partial charge in [0.1, 0.15) is 0 Å². The maximum atomic E-state index is 5.45. The highest BCUT2D eigenvalue weighted by Crippen LogP contribution is 1.96. The minimum atomic E-state index is -0.490. The highest BCUT2D eigenvalue weighted by atomic mass is 28.2. The van der Waals surface area contributed by atoms with Gasteiger partial charge in [0, 0.05) is 11.6 Å². The van der Waals surface area contributed by atoms with Crippen LogP contribution in [-0.2, 0) is 4.43 Å². The number of nitrogens with one attached hydrogen (secondary N) is 1. The van der Waals surface area contributed by atoms with Gasteiger partial charge in [-0.15, -0.1) is 0 Å². The molecule has 62 valence electrons. The Kier molecular flexibility index (Phi) is 4.16. The Morgan fingerprint density at radius 1 is 1.30 bits per heavy atom. The maximum Gasteiger partial charge on any atom is 0.236 e. The average Bonchev–Trinajstić information content (AvgIpc) is 1.59. The van der Waals surface area contributed by atoms with E-state index in [4.69, 9.17) is 4.43 Å². The lowest BCUT2D eigenvalue weighted by atomic mass is 10.1. The molecule has 0 aliphatic carbocycles. The molecule has 0 atom stereocenters. The second-order valence-corrected chi connectivity index (χ2v) is 4.76. The van der Waals surface area contributed by atoms with Crippen LogP contribution < -0.4 is 4.98 Å². The van der Waals surface area contributed by atoms with E-state index in [0.717, 1.165) is 0 Å². The van der Waals surface area contributed by atoms with Crippen molar-refractivity contribution in [3.63, 3.8) is 0 Å². The quantitative estimate of drug-likeness (QED) is 0.618. The minimum absolute atomic E-state index is 0.223. The number of rotatable bonds is 3. The van der Waals surface area contributed by atoms with E-state index >= 15 is 0 Å². The zero-order valence-electron chi connectivity index (χ0n) is 7.69. The summed E-state index contributed by atoms with van der Waals surface area (Å²) in [6.07, 6.45) is 0.376. The van der Waals surface area contributed by atoms with Gasteiger partial charge < -0.3 is 9.41 Å². The molecule has 0 saturated carbocycles. The van der Waals surface area contributed by atoms with Crippen LogP contribution in [0.15, 0.2) is 0 Å². The maximum absolute atomic E-state index is 5.45. The first-order chi connectivity index (χ1) is 4.42. The van der Waals surface area contributed by atoms with Crippen LogP contribution in [0.5, 0.6) is 0 Å². The summed E-state index contributed by atoms with van der Waals surface area (Å²) in [5.74, 6) is 0. The molecule has 0 radical (unpaired) electrons. The van der Waals surface area contributed by atoms with Gasteiger partial charge in [-0.25, -0.2) is 0 Å². The molecule has 0 amide bonds. The fraction of sp³-hybridized carbons (Fsp3) is 1.00. The Labute approximate surface area is 66.4 Å². The standard InChI is InChI=1S/C7H19NOSi/c1-6(2)9-10-8-7(3,4)5/h6,8H,10H2,1-5H3. The van der Waals surface area contributed by atoms with Crippen molar-refractivity contribution in [2.24, 2.45) is 0 Å². The molecule has 2 nitrogen and oxygen atoms in total. The molecule has 0 aromatic heterocycles. The Hall–Kier alpha value is 0.137. The summed E-state index contributed by atoms with van der Waals surface area (Å²) in [6, 6.07) is 0. The fourth-order valence-electron chi connectivity index (χ4n) is 0.425. The molecule has 3 heteroatoms. The second kappa shape index (κ2) is 4.11. The van der Waals surface area contributed by atoms with Crippen molar-refractivity contribution in [2.75, 3.05) is 0 Å². The van der Waals surface area contributed by atoms with Crippen LogP contribution in [0, 0.1) is 0 Å². The lowest BCUT2D eigenvalue weighted by Gasteiger charge is -2.21. The van der Waals surface area contributed by atoms with Gasteiger partial charge in [0.05, 0.1) is 0 Å². The third-order valence-corrected chi connectivity index (χ3v) is 3.06. The van der Waals surface area contributed by atoms with E-state index in [-0.39, 0.29) is 5.54 Å². The third kappa shape index (κ3) is 8.14. The summed E-state index contributed by atoms with van der Waals surface area (Å²) in [5.41, 5.74) is 0.223. The van der Waals surface area contributed by atoms with Crippen LogP contribution in [-0.4, -0.2) is 21.6 Å². The second-order valence-electron chi connectivity index (χ2n) is 3.79. The molecular formula is C7H19NOSi. The first-order valence-corrected chi connectivity index (χ1v) is 5.07. The molecular weight excluding hydrogens is 142 g/mol. The molecule has 0 rings (SSSR count). The topological polar surface area (TPSA) is 21.3 Å². The van der Waals surface area contributed by atoms with Crippen molar-refractivity contribution in [1.29, 1.82) is 0 Å². The van der Waals surface area contributed by atoms with E-state index in [2.05, 4.69) is 39.6 Å². The third-order valence-electron chi connectivity index (χ3n) is 1.02. The van der Waals surface area contributed by atoms with Gasteiger partial charge in [-0.05, 0) is 34.6 Å². The Bertz CT molecular complexity index is 88.1. The zero-order chi connectivity index (χ0) is 8.20. The van der Waals surface area contributed by atoms with Gasteiger partial charge in [0.25, 0.3) is 0 Å². The predicted molar refractivity (Wildman–Crippen MR) is 47.7 cm³/mol. The van der Waals surface area contributed by atoms with E-state index in [0.29, 0.717) is 6.10 Å². The van der Waals surface area contributed by atoms with Crippen molar-refractivity contribution < 1.29 is 4.43 Å². The van der Waals surface area contributed by atoms with Gasteiger partial charge in [0.15, 0.2) is 0 Å². The molecule has 0 fully saturated rings. The van der Waals surface area contributed by atoms with Crippen LogP contribution in [0.3, 0.4) is 0 Å². The Morgan fingerprint density at radius 3 is 2.10 bits per heavy atom. The molecule has 0 heterocycles. The molecule has 0 unspecified atom stereocenters. The average molecular weight is 161 g/mol. The molecule has 0 spiro atoms. The summed E-state index contributed by atoms with van der Waals surface area (Å²) in [4.78, 5) is 3.37. The molecule has 0 saturated heterocycles. The normalized spacial score (nSPS) is 13.8. The van der Waals surface area contributed by atoms with Crippen molar-refractivity contribution in [1.82, 2.24) is 4.98 Å². The zero-order valence-corrected chi connectivity index (χ0v) is 9.11. The molecule has 0 aliphatic heterocycles. The summed E-state index contributed by atoms with van der Waals surface area (Å²) >= 11 is 0. The lowest BCUT2D eigenvalue weighted by Crippen LogP contribution is -2.40. The Morgan fingerprint density at radius 2 is 1.80 bits per heavy atom. The van der Waals surface area contributed by atoms with Gasteiger partial charge in [0.2, 0.25) is 9.92 Å². The van der Waals surface area contributed by atoms with Crippen molar-refractivity contribution in [3.8, 4) is 0 Å². The van der Waals surface area contributed by atoms with E-state index in [1.807, 2.05) is 0 Å². The minimum Gasteiger partial charge on any atom is -0.406 e. The fourth-order valence-corrected chi connectivity index (χ4v) is 1.27. The molecule has 0 aromatic carbocycles. The molecule has 10 heavy (non-hydrogen) atoms. The van der Waals surface area contributed by atoms with Crippen LogP contribution >= 0.6 is 0 Å². The number of hydrogen-bond acceptors (Lipinski definition) is 2. The van der Waals surface area contributed by atoms with Gasteiger partial charge in [-0.3, -0.25) is 0 Å². The van der Waals surface area contributed by atoms with E-state index in [1.165, 1.54) is 0 Å². The molecule has 1 N–H and O–H groups in total. The summed E-state index contributed by atoms with van der Waals surface area (Å²) in [5, 5.41) is 0. The van der Waals surface area contributed by atoms with E-state index in [1.54, 1.807) is 0 Å². The molecule has 0 aromatic rings. The van der Waals surface area contributed by atoms with Gasteiger partial charge in [-0.1, -0.05) is 0 Å². The SMILES string of the molecule is CC(C)O[SiH2]NC(C)(C)C. The van der Waals surface area contributed by atoms with Gasteiger partial charge in [-0.2, -0.15) is 0 Å². The largest absolute Gasteiger partial charge is 0.406 e. The number of hydrogen-bond donors (Lipinski definition) is 1. The van der Waals surface area contributed by atoms with Crippen LogP contribution in [0.2, 0.25) is 0 Å². The highest BCUT2D eigenvalue weighted by Gasteiger charge is 2.07. The van der Waals surface area contributed by atoms with Gasteiger partial charge >= 0.3 is 0 Å². The summed E-state index contributed by atoms with van der Waals surface area (Å²) in [6.45, 7) is 10.6. The van der Waals surface area contributed by atoms with E-state index in [9.17, 15) is 0 Å². The molecule has 0 bridgehead atoms. The lowest BCUT2D eigenvalue weighted by molar-refractivity contribution is 0.244.